The van der Waals surface area contributed by atoms with Crippen molar-refractivity contribution in [1.82, 2.24) is 0 Å². The molecule has 0 aliphatic heterocycles. The number of benzene rings is 8. The first-order chi connectivity index (χ1) is 30.8. The first-order valence-corrected chi connectivity index (χ1v) is 24.1. The van der Waals surface area contributed by atoms with E-state index in [9.17, 15) is 0 Å². The van der Waals surface area contributed by atoms with Crippen LogP contribution in [0.15, 0.2) is 170 Å². The average Bonchev–Trinajstić information content (AvgIpc) is 3.55. The van der Waals surface area contributed by atoms with Gasteiger partial charge in [0.1, 0.15) is 23.0 Å². The Morgan fingerprint density at radius 1 is 0.348 bits per heavy atom. The summed E-state index contributed by atoms with van der Waals surface area (Å²) in [5.74, 6) is 7.87. The van der Waals surface area contributed by atoms with Crippen LogP contribution in [0.3, 0.4) is 0 Å². The number of ether oxygens (including phenoxy) is 2. The van der Waals surface area contributed by atoms with Gasteiger partial charge in [-0.25, -0.2) is 0 Å². The minimum absolute atomic E-state index is 0. The zero-order chi connectivity index (χ0) is 44.0. The second kappa shape index (κ2) is 28.7. The average molecular weight is 955 g/mol. The molecule has 0 heterocycles. The zero-order valence-electron chi connectivity index (χ0n) is 39.9. The molecule has 0 amide bonds. The third-order valence-electron chi connectivity index (χ3n) is 13.5. The molecule has 8 aromatic carbocycles. The molecule has 66 heavy (non-hydrogen) atoms. The second-order valence-electron chi connectivity index (χ2n) is 18.6. The van der Waals surface area contributed by atoms with Crippen molar-refractivity contribution in [2.24, 2.45) is 29.1 Å². The molecule has 350 valence electrons. The summed E-state index contributed by atoms with van der Waals surface area (Å²) >= 11 is 0. The minimum Gasteiger partial charge on any atom is -0.457 e. The fourth-order valence-corrected chi connectivity index (χ4v) is 10.7. The van der Waals surface area contributed by atoms with Crippen LogP contribution in [0.1, 0.15) is 106 Å². The van der Waals surface area contributed by atoms with Gasteiger partial charge < -0.3 is 9.47 Å². The second-order valence-corrected chi connectivity index (χ2v) is 18.6. The Bertz CT molecular complexity index is 2340. The van der Waals surface area contributed by atoms with E-state index in [1.165, 1.54) is 81.6 Å². The van der Waals surface area contributed by atoms with E-state index >= 15 is 0 Å². The van der Waals surface area contributed by atoms with Crippen LogP contribution in [0.5, 0.6) is 23.0 Å². The van der Waals surface area contributed by atoms with E-state index in [4.69, 9.17) is 9.47 Å². The molecular weight excluding hydrogens is 885 g/mol. The summed E-state index contributed by atoms with van der Waals surface area (Å²) in [6, 6.07) is 57.9. The van der Waals surface area contributed by atoms with Crippen LogP contribution in [0.25, 0.3) is 43.1 Å². The van der Waals surface area contributed by atoms with Crippen molar-refractivity contribution in [3.8, 4) is 23.0 Å². The Labute approximate surface area is 487 Å². The SMILES string of the molecule is CC1(C)C2CCCCC2C2CCCCC21.CCC.CCC.[Ar].[Ar].[Ar].c1ccc2cc(Oc3ccc4ccccc4c3)ccc2c1.c1ccc2cc(Oc3ccc4ccccc4c3)ccc2c1. The molecule has 4 unspecified atom stereocenters. The van der Waals surface area contributed by atoms with Gasteiger partial charge in [0, 0.05) is 113 Å². The molecule has 8 aromatic rings. The molecule has 0 saturated heterocycles. The first kappa shape index (κ1) is 56.8. The number of hydrogen-bond donors (Lipinski definition) is 0. The van der Waals surface area contributed by atoms with Gasteiger partial charge in [-0.05, 0) is 146 Å². The predicted molar refractivity (Wildman–Crippen MR) is 273 cm³/mol. The van der Waals surface area contributed by atoms with E-state index in [-0.39, 0.29) is 113 Å². The van der Waals surface area contributed by atoms with Crippen LogP contribution >= 0.6 is 0 Å². The van der Waals surface area contributed by atoms with Crippen LogP contribution in [0.2, 0.25) is 0 Å². The molecule has 11 rings (SSSR count). The first-order valence-electron chi connectivity index (χ1n) is 24.1. The predicted octanol–water partition coefficient (Wildman–Crippen LogP) is 19.0. The van der Waals surface area contributed by atoms with Gasteiger partial charge in [0.15, 0.2) is 0 Å². The van der Waals surface area contributed by atoms with Crippen molar-refractivity contribution < 1.29 is 123 Å². The van der Waals surface area contributed by atoms with Crippen molar-refractivity contribution in [2.75, 3.05) is 0 Å². The van der Waals surface area contributed by atoms with E-state index in [0.717, 1.165) is 46.7 Å². The van der Waals surface area contributed by atoms with E-state index in [1.54, 1.807) is 25.7 Å². The van der Waals surface area contributed by atoms with Crippen LogP contribution in [-0.2, 0) is 0 Å². The molecule has 0 N–H and O–H groups in total. The van der Waals surface area contributed by atoms with Crippen LogP contribution in [-0.4, -0.2) is 0 Å². The number of fused-ring (bicyclic) bond motifs is 7. The Morgan fingerprint density at radius 3 is 0.833 bits per heavy atom. The summed E-state index contributed by atoms with van der Waals surface area (Å²) in [4.78, 5) is 0. The largest absolute Gasteiger partial charge is 0.457 e. The summed E-state index contributed by atoms with van der Waals surface area (Å²) in [7, 11) is 0. The molecule has 3 aliphatic carbocycles. The quantitative estimate of drug-likeness (QED) is 0.175. The third kappa shape index (κ3) is 15.1. The Hall–Kier alpha value is -1.82. The number of hydrogen-bond acceptors (Lipinski definition) is 2. The molecule has 0 spiro atoms. The van der Waals surface area contributed by atoms with E-state index in [1.807, 2.05) is 72.8 Å². The maximum atomic E-state index is 5.99. The fraction of sp³-hybridized carbons (Fsp3) is 0.344. The van der Waals surface area contributed by atoms with Gasteiger partial charge in [-0.15, -0.1) is 0 Å². The monoisotopic (exact) mass is 954 g/mol. The summed E-state index contributed by atoms with van der Waals surface area (Å²) in [6.45, 7) is 13.7. The Kier molecular flexibility index (Phi) is 24.7. The molecule has 3 aliphatic rings. The zero-order valence-corrected chi connectivity index (χ0v) is 42.0. The normalized spacial score (nSPS) is 18.5. The van der Waals surface area contributed by atoms with Gasteiger partial charge in [0.05, 0.1) is 0 Å². The Balaban J connectivity index is 0.000000202. The van der Waals surface area contributed by atoms with E-state index < -0.39 is 0 Å². The molecule has 0 radical (unpaired) electrons. The fourth-order valence-electron chi connectivity index (χ4n) is 10.7. The molecule has 4 atom stereocenters. The third-order valence-corrected chi connectivity index (χ3v) is 13.5. The van der Waals surface area contributed by atoms with Crippen molar-refractivity contribution in [1.29, 1.82) is 0 Å². The van der Waals surface area contributed by atoms with Gasteiger partial charge >= 0.3 is 0 Å². The van der Waals surface area contributed by atoms with Gasteiger partial charge in [0.2, 0.25) is 0 Å². The van der Waals surface area contributed by atoms with E-state index in [2.05, 4.69) is 139 Å². The summed E-state index contributed by atoms with van der Waals surface area (Å²) < 4.78 is 12.0. The molecule has 3 fully saturated rings. The molecule has 2 nitrogen and oxygen atoms in total. The summed E-state index contributed by atoms with van der Waals surface area (Å²) in [5, 5.41) is 9.66. The number of rotatable bonds is 4. The van der Waals surface area contributed by atoms with Crippen molar-refractivity contribution in [3.63, 3.8) is 0 Å². The van der Waals surface area contributed by atoms with Gasteiger partial charge in [0.25, 0.3) is 0 Å². The molecule has 0 bridgehead atoms. The molecule has 3 saturated carbocycles. The molecule has 0 aromatic heterocycles. The minimum atomic E-state index is 0. The van der Waals surface area contributed by atoms with Gasteiger partial charge in [-0.3, -0.25) is 0 Å². The summed E-state index contributed by atoms with van der Waals surface area (Å²) in [5.41, 5.74) is 0.677. The van der Waals surface area contributed by atoms with Crippen molar-refractivity contribution in [3.05, 3.63) is 170 Å². The van der Waals surface area contributed by atoms with Crippen LogP contribution in [0.4, 0.5) is 0 Å². The van der Waals surface area contributed by atoms with Crippen LogP contribution in [0, 0.1) is 142 Å². The van der Waals surface area contributed by atoms with Crippen LogP contribution < -0.4 is 9.47 Å². The van der Waals surface area contributed by atoms with Gasteiger partial charge in [-0.2, -0.15) is 0 Å². The molecule has 5 heteroatoms. The maximum absolute atomic E-state index is 5.99. The topological polar surface area (TPSA) is 18.5 Å². The van der Waals surface area contributed by atoms with E-state index in [0.29, 0.717) is 5.41 Å². The Morgan fingerprint density at radius 2 is 0.576 bits per heavy atom. The smallest absolute Gasteiger partial charge is 0.128 e. The molecular formula is C61H70Ar3O2. The maximum Gasteiger partial charge on any atom is 0.128 e. The van der Waals surface area contributed by atoms with Gasteiger partial charge in [-0.1, -0.05) is 201 Å². The van der Waals surface area contributed by atoms with Crippen molar-refractivity contribution >= 4 is 43.1 Å². The van der Waals surface area contributed by atoms with Crippen molar-refractivity contribution in [2.45, 2.75) is 106 Å². The summed E-state index contributed by atoms with van der Waals surface area (Å²) in [6.07, 6.45) is 14.8. The standard InChI is InChI=1S/2C20H14O.C15H26.2C3H8.3Ar/c2*1-3-7-17-13-19(11-9-15(17)5-1)21-20-12-10-16-6-2-4-8-18(16)14-20;1-15(2)13-9-5-3-7-11(13)12-8-4-6-10-14(12)15;2*1-3-2;;;/h2*1-14H;11-14H,3-10H2,1-2H3;2*3H2,1-2H3;;;.